The van der Waals surface area contributed by atoms with E-state index in [1.807, 2.05) is 13.1 Å². The first kappa shape index (κ1) is 25.6. The maximum atomic E-state index is 12.8. The molecule has 4 aliphatic rings. The number of esters is 2. The number of piperidine rings is 1. The maximum Gasteiger partial charge on any atom is 0.344 e. The van der Waals surface area contributed by atoms with E-state index in [9.17, 15) is 34.8 Å². The lowest BCUT2D eigenvalue weighted by Gasteiger charge is -2.61. The van der Waals surface area contributed by atoms with Crippen LogP contribution in [-0.4, -0.2) is 98.0 Å². The van der Waals surface area contributed by atoms with E-state index < -0.39 is 53.3 Å². The standard InChI is InChI=1S/C25H29NO11/c1-11(21(30)31)35-22(32)17(28)18(29)23(33)36-14-5-6-25(34)15-9-12-3-4-13(10-27)19-16(12)24(25,20(14)37-19)7-8-26(15)2/h3-5,11,15,17-18,20,27-29,34H,6-10H2,1-2H3,(H,30,31)/t11-,15+,17+,18+,20?,24?,25+/m0/s1. The summed E-state index contributed by atoms with van der Waals surface area (Å²) in [4.78, 5) is 37.7. The van der Waals surface area contributed by atoms with Crippen molar-refractivity contribution in [3.63, 3.8) is 0 Å². The third kappa shape index (κ3) is 3.51. The van der Waals surface area contributed by atoms with E-state index in [0.717, 1.165) is 18.1 Å². The van der Waals surface area contributed by atoms with Crippen LogP contribution in [0, 0.1) is 0 Å². The molecule has 0 saturated carbocycles. The molecule has 2 unspecified atom stereocenters. The highest BCUT2D eigenvalue weighted by atomic mass is 16.6. The number of carboxylic acids is 1. The predicted molar refractivity (Wildman–Crippen MR) is 122 cm³/mol. The lowest BCUT2D eigenvalue weighted by Crippen LogP contribution is -2.74. The molecule has 1 aromatic carbocycles. The van der Waals surface area contributed by atoms with Crippen LogP contribution in [-0.2, 0) is 42.3 Å². The third-order valence-electron chi connectivity index (χ3n) is 8.27. The van der Waals surface area contributed by atoms with Crippen LogP contribution in [0.4, 0.5) is 0 Å². The van der Waals surface area contributed by atoms with Crippen molar-refractivity contribution in [2.75, 3.05) is 13.6 Å². The van der Waals surface area contributed by atoms with Gasteiger partial charge >= 0.3 is 17.9 Å². The quantitative estimate of drug-likeness (QED) is 0.270. The summed E-state index contributed by atoms with van der Waals surface area (Å²) in [5, 5.41) is 51.3. The fraction of sp³-hybridized carbons (Fsp3) is 0.560. The number of benzene rings is 1. The minimum Gasteiger partial charge on any atom is -0.481 e. The Balaban J connectivity index is 1.46. The lowest BCUT2D eigenvalue weighted by atomic mass is 9.50. The summed E-state index contributed by atoms with van der Waals surface area (Å²) in [7, 11) is 1.94. The van der Waals surface area contributed by atoms with E-state index in [4.69, 9.17) is 14.6 Å². The second-order valence-corrected chi connectivity index (χ2v) is 10.1. The van der Waals surface area contributed by atoms with Crippen LogP contribution in [0.3, 0.4) is 0 Å². The molecule has 0 radical (unpaired) electrons. The third-order valence-corrected chi connectivity index (χ3v) is 8.27. The first-order valence-corrected chi connectivity index (χ1v) is 12.0. The molecule has 1 spiro atoms. The zero-order chi connectivity index (χ0) is 26.9. The highest BCUT2D eigenvalue weighted by Gasteiger charge is 2.72. The van der Waals surface area contributed by atoms with Crippen LogP contribution < -0.4 is 4.74 Å². The van der Waals surface area contributed by atoms with Crippen molar-refractivity contribution >= 4 is 17.9 Å². The molecule has 12 nitrogen and oxygen atoms in total. The molecule has 1 fully saturated rings. The van der Waals surface area contributed by atoms with E-state index in [1.54, 1.807) is 6.07 Å². The Kier molecular flexibility index (Phi) is 6.07. The fourth-order valence-electron chi connectivity index (χ4n) is 6.36. The number of carboxylic acid groups (broad SMARTS) is 1. The number of aliphatic hydroxyl groups is 4. The number of carbonyl (C=O) groups is 3. The zero-order valence-corrected chi connectivity index (χ0v) is 20.3. The summed E-state index contributed by atoms with van der Waals surface area (Å²) >= 11 is 0. The van der Waals surface area contributed by atoms with Gasteiger partial charge in [-0.05, 0) is 45.0 Å². The topological polar surface area (TPSA) is 183 Å². The van der Waals surface area contributed by atoms with Crippen molar-refractivity contribution in [1.82, 2.24) is 4.90 Å². The molecule has 2 aliphatic heterocycles. The lowest BCUT2D eigenvalue weighted by molar-refractivity contribution is -0.182. The van der Waals surface area contributed by atoms with Crippen molar-refractivity contribution in [3.05, 3.63) is 40.7 Å². The molecule has 12 heteroatoms. The Bertz CT molecular complexity index is 1200. The summed E-state index contributed by atoms with van der Waals surface area (Å²) in [5.41, 5.74) is 0.0291. The van der Waals surface area contributed by atoms with Gasteiger partial charge in [-0.25, -0.2) is 14.4 Å². The molecule has 2 heterocycles. The molecular formula is C25H29NO11. The van der Waals surface area contributed by atoms with Crippen molar-refractivity contribution in [1.29, 1.82) is 0 Å². The van der Waals surface area contributed by atoms with E-state index in [0.29, 0.717) is 30.7 Å². The summed E-state index contributed by atoms with van der Waals surface area (Å²) in [6.07, 6.45) is -4.65. The number of nitrogens with zero attached hydrogens (tertiary/aromatic N) is 1. The summed E-state index contributed by atoms with van der Waals surface area (Å²) in [6.45, 7) is 1.38. The van der Waals surface area contributed by atoms with Gasteiger partial charge in [0.1, 0.15) is 11.5 Å². The number of rotatable bonds is 7. The number of ether oxygens (including phenoxy) is 3. The minimum absolute atomic E-state index is 0.00411. The minimum atomic E-state index is -2.38. The number of aliphatic hydroxyl groups excluding tert-OH is 3. The predicted octanol–water partition coefficient (Wildman–Crippen LogP) is -1.26. The van der Waals surface area contributed by atoms with Gasteiger partial charge in [0, 0.05) is 23.6 Å². The SMILES string of the molecule is C[C@H](OC(=O)[C@H](O)[C@@H](O)C(=O)OC1=CC[C@@]2(O)[C@H]3Cc4ccc(CO)c5c4C2(CCN3C)C1O5)C(=O)O. The highest BCUT2D eigenvalue weighted by Crippen LogP contribution is 2.64. The van der Waals surface area contributed by atoms with Crippen LogP contribution in [0.1, 0.15) is 36.5 Å². The van der Waals surface area contributed by atoms with Crippen LogP contribution in [0.5, 0.6) is 5.75 Å². The van der Waals surface area contributed by atoms with Crippen molar-refractivity contribution < 1.29 is 54.1 Å². The van der Waals surface area contributed by atoms with Gasteiger partial charge in [0.25, 0.3) is 0 Å². The van der Waals surface area contributed by atoms with Gasteiger partial charge in [-0.3, -0.25) is 0 Å². The Morgan fingerprint density at radius 3 is 2.59 bits per heavy atom. The van der Waals surface area contributed by atoms with Crippen LogP contribution in [0.15, 0.2) is 24.0 Å². The molecular weight excluding hydrogens is 490 g/mol. The molecule has 2 bridgehead atoms. The first-order valence-electron chi connectivity index (χ1n) is 12.0. The molecule has 7 atom stereocenters. The smallest absolute Gasteiger partial charge is 0.344 e. The average molecular weight is 520 g/mol. The highest BCUT2D eigenvalue weighted by molar-refractivity contribution is 5.87. The molecule has 200 valence electrons. The molecule has 5 rings (SSSR count). The average Bonchev–Trinajstić information content (AvgIpc) is 3.22. The van der Waals surface area contributed by atoms with Gasteiger partial charge < -0.3 is 44.6 Å². The van der Waals surface area contributed by atoms with E-state index in [2.05, 4.69) is 9.64 Å². The van der Waals surface area contributed by atoms with E-state index in [-0.39, 0.29) is 24.8 Å². The Labute approximate surface area is 211 Å². The first-order chi connectivity index (χ1) is 17.5. The van der Waals surface area contributed by atoms with Gasteiger partial charge in [0.2, 0.25) is 0 Å². The maximum absolute atomic E-state index is 12.8. The number of hydrogen-bond acceptors (Lipinski definition) is 11. The fourth-order valence-corrected chi connectivity index (χ4v) is 6.36. The normalized spacial score (nSPS) is 31.8. The second kappa shape index (κ2) is 8.77. The molecule has 0 amide bonds. The molecule has 5 N–H and O–H groups in total. The van der Waals surface area contributed by atoms with E-state index in [1.165, 1.54) is 6.08 Å². The van der Waals surface area contributed by atoms with Gasteiger partial charge in [0.15, 0.2) is 24.4 Å². The van der Waals surface area contributed by atoms with Gasteiger partial charge in [-0.2, -0.15) is 0 Å². The summed E-state index contributed by atoms with van der Waals surface area (Å²) in [6, 6.07) is 3.44. The van der Waals surface area contributed by atoms with Gasteiger partial charge in [-0.1, -0.05) is 12.1 Å². The molecule has 2 aliphatic carbocycles. The van der Waals surface area contributed by atoms with E-state index >= 15 is 0 Å². The number of likely N-dealkylation sites (N-methyl/N-ethyl adjacent to an activating group) is 1. The molecule has 37 heavy (non-hydrogen) atoms. The number of likely N-dealkylation sites (tertiary alicyclic amines) is 1. The molecule has 0 aromatic heterocycles. The van der Waals surface area contributed by atoms with Crippen molar-refractivity contribution in [2.24, 2.45) is 0 Å². The van der Waals surface area contributed by atoms with Gasteiger partial charge in [0.05, 0.1) is 17.6 Å². The monoisotopic (exact) mass is 519 g/mol. The largest absolute Gasteiger partial charge is 0.481 e. The van der Waals surface area contributed by atoms with Crippen LogP contribution in [0.25, 0.3) is 0 Å². The van der Waals surface area contributed by atoms with Crippen molar-refractivity contribution in [2.45, 2.75) is 74.3 Å². The van der Waals surface area contributed by atoms with Crippen LogP contribution in [0.2, 0.25) is 0 Å². The molecule has 1 aromatic rings. The Morgan fingerprint density at radius 1 is 1.22 bits per heavy atom. The van der Waals surface area contributed by atoms with Gasteiger partial charge in [-0.15, -0.1) is 0 Å². The second-order valence-electron chi connectivity index (χ2n) is 10.1. The molecule has 1 saturated heterocycles. The van der Waals surface area contributed by atoms with Crippen molar-refractivity contribution in [3.8, 4) is 5.75 Å². The number of aliphatic carboxylic acids is 1. The number of hydrogen-bond donors (Lipinski definition) is 5. The summed E-state index contributed by atoms with van der Waals surface area (Å²) < 4.78 is 16.3. The van der Waals surface area contributed by atoms with Crippen LogP contribution >= 0.6 is 0 Å². The Hall–Kier alpha value is -3.03. The summed E-state index contributed by atoms with van der Waals surface area (Å²) in [5.74, 6) is -3.91. The zero-order valence-electron chi connectivity index (χ0n) is 20.3. The number of carbonyl (C=O) groups excluding carboxylic acids is 2. The Morgan fingerprint density at radius 2 is 1.92 bits per heavy atom.